The number of hydrogen-bond donors (Lipinski definition) is 2. The molecule has 1 amide bonds. The van der Waals surface area contributed by atoms with Gasteiger partial charge in [0.1, 0.15) is 11.6 Å². The number of carbonyl (C=O) groups excluding carboxylic acids is 1. The van der Waals surface area contributed by atoms with Gasteiger partial charge in [0.25, 0.3) is 5.91 Å². The number of amides is 1. The van der Waals surface area contributed by atoms with Gasteiger partial charge in [-0.15, -0.1) is 0 Å². The van der Waals surface area contributed by atoms with E-state index in [0.29, 0.717) is 11.3 Å². The molecule has 154 valence electrons. The molecule has 29 heavy (non-hydrogen) atoms. The molecule has 0 spiro atoms. The Morgan fingerprint density at radius 3 is 2.28 bits per heavy atom. The minimum atomic E-state index is -0.190. The van der Waals surface area contributed by atoms with Crippen molar-refractivity contribution in [2.24, 2.45) is 0 Å². The summed E-state index contributed by atoms with van der Waals surface area (Å²) in [5.74, 6) is 1.61. The molecule has 0 saturated carbocycles. The molecule has 8 nitrogen and oxygen atoms in total. The van der Waals surface area contributed by atoms with Crippen LogP contribution in [0.25, 0.3) is 0 Å². The molecule has 4 heterocycles. The van der Waals surface area contributed by atoms with Crippen LogP contribution in [0, 0.1) is 0 Å². The monoisotopic (exact) mass is 396 g/mol. The number of carbonyl (C=O) groups is 1. The SMILES string of the molecule is CC1CN(c2ccc(C(=O)Nc3ccc(N4CCNCC4)nc3)cn2)CC(C)O1. The average molecular weight is 396 g/mol. The summed E-state index contributed by atoms with van der Waals surface area (Å²) in [7, 11) is 0. The topological polar surface area (TPSA) is 82.6 Å². The zero-order chi connectivity index (χ0) is 20.2. The van der Waals surface area contributed by atoms with Crippen molar-refractivity contribution in [2.45, 2.75) is 26.1 Å². The maximum absolute atomic E-state index is 12.6. The molecule has 2 unspecified atom stereocenters. The van der Waals surface area contributed by atoms with Crippen molar-refractivity contribution >= 4 is 23.2 Å². The highest BCUT2D eigenvalue weighted by Crippen LogP contribution is 2.19. The van der Waals surface area contributed by atoms with Crippen LogP contribution in [0.2, 0.25) is 0 Å². The van der Waals surface area contributed by atoms with Crippen molar-refractivity contribution in [3.05, 3.63) is 42.2 Å². The number of anilines is 3. The first kappa shape index (κ1) is 19.6. The number of aromatic nitrogens is 2. The maximum Gasteiger partial charge on any atom is 0.257 e. The highest BCUT2D eigenvalue weighted by molar-refractivity contribution is 6.04. The van der Waals surface area contributed by atoms with E-state index in [0.717, 1.165) is 50.9 Å². The number of morpholine rings is 1. The van der Waals surface area contributed by atoms with Gasteiger partial charge in [-0.3, -0.25) is 4.79 Å². The molecule has 2 aromatic rings. The number of ether oxygens (including phenoxy) is 1. The third kappa shape index (κ3) is 4.83. The predicted molar refractivity (Wildman–Crippen MR) is 114 cm³/mol. The third-order valence-electron chi connectivity index (χ3n) is 5.20. The van der Waals surface area contributed by atoms with Crippen LogP contribution in [-0.4, -0.2) is 67.4 Å². The Kier molecular flexibility index (Phi) is 5.92. The molecule has 0 aromatic carbocycles. The molecule has 2 saturated heterocycles. The van der Waals surface area contributed by atoms with E-state index in [1.165, 1.54) is 0 Å². The lowest BCUT2D eigenvalue weighted by molar-refractivity contribution is -0.00546. The summed E-state index contributed by atoms with van der Waals surface area (Å²) in [5, 5.41) is 6.22. The molecule has 4 rings (SSSR count). The predicted octanol–water partition coefficient (Wildman–Crippen LogP) is 1.75. The molecule has 2 aliphatic rings. The van der Waals surface area contributed by atoms with Crippen molar-refractivity contribution in [1.82, 2.24) is 15.3 Å². The van der Waals surface area contributed by atoms with Gasteiger partial charge in [0.15, 0.2) is 0 Å². The first-order valence-electron chi connectivity index (χ1n) is 10.2. The smallest absolute Gasteiger partial charge is 0.257 e. The number of piperazine rings is 1. The third-order valence-corrected chi connectivity index (χ3v) is 5.20. The molecule has 2 aromatic heterocycles. The lowest BCUT2D eigenvalue weighted by atomic mass is 10.2. The lowest BCUT2D eigenvalue weighted by Crippen LogP contribution is -2.45. The van der Waals surface area contributed by atoms with Gasteiger partial charge in [-0.1, -0.05) is 0 Å². The molecule has 2 atom stereocenters. The molecule has 0 radical (unpaired) electrons. The van der Waals surface area contributed by atoms with E-state index in [9.17, 15) is 4.79 Å². The van der Waals surface area contributed by atoms with Crippen LogP contribution in [0.4, 0.5) is 17.3 Å². The van der Waals surface area contributed by atoms with Gasteiger partial charge in [-0.2, -0.15) is 0 Å². The second-order valence-electron chi connectivity index (χ2n) is 7.66. The lowest BCUT2D eigenvalue weighted by Gasteiger charge is -2.36. The van der Waals surface area contributed by atoms with Gasteiger partial charge in [-0.25, -0.2) is 9.97 Å². The largest absolute Gasteiger partial charge is 0.372 e. The van der Waals surface area contributed by atoms with Crippen LogP contribution < -0.4 is 20.4 Å². The van der Waals surface area contributed by atoms with Crippen LogP contribution in [0.5, 0.6) is 0 Å². The van der Waals surface area contributed by atoms with E-state index >= 15 is 0 Å². The Morgan fingerprint density at radius 1 is 1.00 bits per heavy atom. The first-order chi connectivity index (χ1) is 14.1. The summed E-state index contributed by atoms with van der Waals surface area (Å²) in [6, 6.07) is 7.54. The summed E-state index contributed by atoms with van der Waals surface area (Å²) in [5.41, 5.74) is 1.20. The maximum atomic E-state index is 12.6. The van der Waals surface area contributed by atoms with E-state index in [4.69, 9.17) is 4.74 Å². The minimum absolute atomic E-state index is 0.167. The van der Waals surface area contributed by atoms with Crippen molar-refractivity contribution in [2.75, 3.05) is 54.4 Å². The summed E-state index contributed by atoms with van der Waals surface area (Å²) in [6.45, 7) is 9.53. The fourth-order valence-electron chi connectivity index (χ4n) is 3.82. The van der Waals surface area contributed by atoms with Gasteiger partial charge in [0.05, 0.1) is 29.7 Å². The van der Waals surface area contributed by atoms with E-state index in [1.54, 1.807) is 12.4 Å². The summed E-state index contributed by atoms with van der Waals surface area (Å²) in [6.07, 6.45) is 3.66. The standard InChI is InChI=1S/C21H28N6O2/c1-15-13-27(14-16(2)29-15)20-5-3-17(11-23-20)21(28)25-18-4-6-19(24-12-18)26-9-7-22-8-10-26/h3-6,11-12,15-16,22H,7-10,13-14H2,1-2H3,(H,25,28). The van der Waals surface area contributed by atoms with E-state index in [2.05, 4.69) is 44.2 Å². The highest BCUT2D eigenvalue weighted by atomic mass is 16.5. The molecular formula is C21H28N6O2. The molecule has 0 aliphatic carbocycles. The number of pyridine rings is 2. The number of nitrogens with zero attached hydrogens (tertiary/aromatic N) is 4. The summed E-state index contributed by atoms with van der Waals surface area (Å²) >= 11 is 0. The molecule has 0 bridgehead atoms. The van der Waals surface area contributed by atoms with E-state index in [1.807, 2.05) is 24.3 Å². The Labute approximate surface area is 171 Å². The van der Waals surface area contributed by atoms with Crippen LogP contribution in [0.1, 0.15) is 24.2 Å². The van der Waals surface area contributed by atoms with Crippen LogP contribution in [0.15, 0.2) is 36.7 Å². The van der Waals surface area contributed by atoms with E-state index in [-0.39, 0.29) is 18.1 Å². The normalized spacial score (nSPS) is 22.4. The fourth-order valence-corrected chi connectivity index (χ4v) is 3.82. The number of rotatable bonds is 4. The number of nitrogens with one attached hydrogen (secondary N) is 2. The van der Waals surface area contributed by atoms with Crippen molar-refractivity contribution < 1.29 is 9.53 Å². The van der Waals surface area contributed by atoms with Crippen LogP contribution in [0.3, 0.4) is 0 Å². The molecule has 2 fully saturated rings. The minimum Gasteiger partial charge on any atom is -0.372 e. The van der Waals surface area contributed by atoms with Crippen molar-refractivity contribution in [3.63, 3.8) is 0 Å². The average Bonchev–Trinajstić information content (AvgIpc) is 2.74. The Balaban J connectivity index is 1.37. The zero-order valence-electron chi connectivity index (χ0n) is 17.0. The number of hydrogen-bond acceptors (Lipinski definition) is 7. The van der Waals surface area contributed by atoms with Gasteiger partial charge >= 0.3 is 0 Å². The highest BCUT2D eigenvalue weighted by Gasteiger charge is 2.23. The Morgan fingerprint density at radius 2 is 1.66 bits per heavy atom. The summed E-state index contributed by atoms with van der Waals surface area (Å²) in [4.78, 5) is 26.0. The van der Waals surface area contributed by atoms with Gasteiger partial charge < -0.3 is 25.2 Å². The van der Waals surface area contributed by atoms with Crippen LogP contribution in [-0.2, 0) is 4.74 Å². The molecule has 2 aliphatic heterocycles. The van der Waals surface area contributed by atoms with Crippen molar-refractivity contribution in [3.8, 4) is 0 Å². The van der Waals surface area contributed by atoms with E-state index < -0.39 is 0 Å². The van der Waals surface area contributed by atoms with Gasteiger partial charge in [-0.05, 0) is 38.1 Å². The first-order valence-corrected chi connectivity index (χ1v) is 10.2. The second-order valence-corrected chi connectivity index (χ2v) is 7.66. The Bertz CT molecular complexity index is 810. The summed E-state index contributed by atoms with van der Waals surface area (Å²) < 4.78 is 5.77. The molecule has 8 heteroatoms. The van der Waals surface area contributed by atoms with Crippen molar-refractivity contribution in [1.29, 1.82) is 0 Å². The molecule has 2 N–H and O–H groups in total. The quantitative estimate of drug-likeness (QED) is 0.815. The fraction of sp³-hybridized carbons (Fsp3) is 0.476. The van der Waals surface area contributed by atoms with Crippen LogP contribution >= 0.6 is 0 Å². The Hall–Kier alpha value is -2.71. The van der Waals surface area contributed by atoms with Gasteiger partial charge in [0, 0.05) is 45.5 Å². The zero-order valence-corrected chi connectivity index (χ0v) is 17.0. The molecular weight excluding hydrogens is 368 g/mol. The second kappa shape index (κ2) is 8.75. The van der Waals surface area contributed by atoms with Gasteiger partial charge in [0.2, 0.25) is 0 Å².